The number of carbonyl (C=O) groups is 1. The van der Waals surface area contributed by atoms with E-state index in [1.54, 1.807) is 0 Å². The van der Waals surface area contributed by atoms with E-state index < -0.39 is 0 Å². The van der Waals surface area contributed by atoms with Crippen LogP contribution in [0.1, 0.15) is 35.2 Å². The highest BCUT2D eigenvalue weighted by molar-refractivity contribution is 9.10. The number of rotatable bonds is 5. The zero-order valence-corrected chi connectivity index (χ0v) is 13.8. The first-order valence-corrected chi connectivity index (χ1v) is 8.29. The maximum Gasteiger partial charge on any atom is 0.255 e. The Balaban J connectivity index is 1.73. The summed E-state index contributed by atoms with van der Waals surface area (Å²) < 4.78 is 6.72. The molecule has 1 N–H and O–H groups in total. The Hall–Kier alpha value is -1.81. The molecule has 4 heteroatoms. The van der Waals surface area contributed by atoms with Crippen LogP contribution in [0.15, 0.2) is 53.0 Å². The van der Waals surface area contributed by atoms with Gasteiger partial charge in [0.15, 0.2) is 0 Å². The first-order valence-electron chi connectivity index (χ1n) is 7.49. The monoisotopic (exact) mass is 359 g/mol. The summed E-state index contributed by atoms with van der Waals surface area (Å²) in [5.41, 5.74) is 1.66. The number of halogens is 1. The van der Waals surface area contributed by atoms with Crippen molar-refractivity contribution in [1.29, 1.82) is 0 Å². The van der Waals surface area contributed by atoms with Gasteiger partial charge in [0.1, 0.15) is 12.4 Å². The number of amides is 1. The van der Waals surface area contributed by atoms with Crippen LogP contribution in [-0.4, -0.2) is 11.9 Å². The fourth-order valence-corrected chi connectivity index (χ4v) is 2.72. The third-order valence-corrected chi connectivity index (χ3v) is 4.36. The number of benzene rings is 2. The molecule has 2 aromatic carbocycles. The molecular weight excluding hydrogens is 342 g/mol. The lowest BCUT2D eigenvalue weighted by Crippen LogP contribution is -2.39. The van der Waals surface area contributed by atoms with E-state index in [1.165, 1.54) is 6.42 Å². The minimum absolute atomic E-state index is 0.0611. The van der Waals surface area contributed by atoms with Gasteiger partial charge in [0.05, 0.1) is 5.56 Å². The molecular formula is C18H18BrNO2. The molecule has 3 nitrogen and oxygen atoms in total. The van der Waals surface area contributed by atoms with Gasteiger partial charge in [0.25, 0.3) is 5.91 Å². The van der Waals surface area contributed by atoms with Gasteiger partial charge in [-0.25, -0.2) is 0 Å². The van der Waals surface area contributed by atoms with Gasteiger partial charge >= 0.3 is 0 Å². The number of hydrogen-bond acceptors (Lipinski definition) is 2. The summed E-state index contributed by atoms with van der Waals surface area (Å²) in [5, 5.41) is 3.06. The fraction of sp³-hybridized carbons (Fsp3) is 0.278. The average molecular weight is 360 g/mol. The van der Waals surface area contributed by atoms with E-state index in [0.29, 0.717) is 24.0 Å². The Kier molecular flexibility index (Phi) is 4.78. The van der Waals surface area contributed by atoms with Crippen LogP contribution in [0.3, 0.4) is 0 Å². The molecule has 0 heterocycles. The van der Waals surface area contributed by atoms with Crippen molar-refractivity contribution >= 4 is 21.8 Å². The summed E-state index contributed by atoms with van der Waals surface area (Å²) in [7, 11) is 0. The third kappa shape index (κ3) is 3.69. The smallest absolute Gasteiger partial charge is 0.255 e. The Labute approximate surface area is 138 Å². The zero-order valence-electron chi connectivity index (χ0n) is 12.2. The van der Waals surface area contributed by atoms with E-state index >= 15 is 0 Å². The predicted molar refractivity (Wildman–Crippen MR) is 90.0 cm³/mol. The van der Waals surface area contributed by atoms with Crippen LogP contribution in [0, 0.1) is 0 Å². The number of hydrogen-bond donors (Lipinski definition) is 1. The molecule has 0 saturated heterocycles. The highest BCUT2D eigenvalue weighted by Gasteiger charge is 2.22. The summed E-state index contributed by atoms with van der Waals surface area (Å²) >= 11 is 3.42. The molecule has 2 aromatic rings. The highest BCUT2D eigenvalue weighted by Crippen LogP contribution is 2.26. The molecule has 1 aliphatic rings. The number of ether oxygens (including phenoxy) is 1. The molecule has 22 heavy (non-hydrogen) atoms. The van der Waals surface area contributed by atoms with Crippen molar-refractivity contribution in [2.45, 2.75) is 31.9 Å². The molecule has 3 rings (SSSR count). The maximum atomic E-state index is 12.4. The molecule has 0 atom stereocenters. The first kappa shape index (κ1) is 15.1. The summed E-state index contributed by atoms with van der Waals surface area (Å²) in [6.45, 7) is 0.451. The molecule has 114 valence electrons. The molecule has 0 aromatic heterocycles. The summed E-state index contributed by atoms with van der Waals surface area (Å²) in [5.74, 6) is 0.554. The minimum atomic E-state index is -0.0611. The fourth-order valence-electron chi connectivity index (χ4n) is 2.36. The Morgan fingerprint density at radius 2 is 1.95 bits per heavy atom. The van der Waals surface area contributed by atoms with Crippen molar-refractivity contribution < 1.29 is 9.53 Å². The van der Waals surface area contributed by atoms with Crippen molar-refractivity contribution in [2.75, 3.05) is 0 Å². The van der Waals surface area contributed by atoms with Gasteiger partial charge in [-0.1, -0.05) is 46.3 Å². The van der Waals surface area contributed by atoms with Gasteiger partial charge in [-0.15, -0.1) is 0 Å². The van der Waals surface area contributed by atoms with E-state index in [2.05, 4.69) is 21.2 Å². The van der Waals surface area contributed by atoms with Gasteiger partial charge in [-0.05, 0) is 43.0 Å². The molecule has 1 aliphatic carbocycles. The van der Waals surface area contributed by atoms with Crippen molar-refractivity contribution in [2.24, 2.45) is 0 Å². The van der Waals surface area contributed by atoms with E-state index in [1.807, 2.05) is 48.5 Å². The van der Waals surface area contributed by atoms with Gasteiger partial charge < -0.3 is 10.1 Å². The van der Waals surface area contributed by atoms with E-state index in [0.717, 1.165) is 22.9 Å². The normalized spacial score (nSPS) is 14.2. The lowest BCUT2D eigenvalue weighted by Gasteiger charge is -2.26. The van der Waals surface area contributed by atoms with Crippen LogP contribution < -0.4 is 10.1 Å². The maximum absolute atomic E-state index is 12.4. The van der Waals surface area contributed by atoms with Crippen molar-refractivity contribution in [3.8, 4) is 5.75 Å². The highest BCUT2D eigenvalue weighted by atomic mass is 79.9. The van der Waals surface area contributed by atoms with Gasteiger partial charge in [-0.2, -0.15) is 0 Å². The quantitative estimate of drug-likeness (QED) is 0.863. The van der Waals surface area contributed by atoms with Gasteiger partial charge in [0.2, 0.25) is 0 Å². The summed E-state index contributed by atoms with van der Waals surface area (Å²) in [4.78, 5) is 12.4. The molecule has 0 spiro atoms. The van der Waals surface area contributed by atoms with Crippen molar-refractivity contribution in [3.05, 3.63) is 64.1 Å². The topological polar surface area (TPSA) is 38.3 Å². The van der Waals surface area contributed by atoms with Crippen molar-refractivity contribution in [1.82, 2.24) is 5.32 Å². The van der Waals surface area contributed by atoms with E-state index in [9.17, 15) is 4.79 Å². The molecule has 1 saturated carbocycles. The second-order valence-electron chi connectivity index (χ2n) is 5.52. The van der Waals surface area contributed by atoms with Crippen molar-refractivity contribution in [3.63, 3.8) is 0 Å². The Bertz CT molecular complexity index is 653. The Morgan fingerprint density at radius 3 is 2.64 bits per heavy atom. The van der Waals surface area contributed by atoms with Crippen LogP contribution in [0.2, 0.25) is 0 Å². The molecule has 1 fully saturated rings. The second-order valence-corrected chi connectivity index (χ2v) is 6.43. The number of carbonyl (C=O) groups excluding carboxylic acids is 1. The van der Waals surface area contributed by atoms with Crippen LogP contribution >= 0.6 is 15.9 Å². The summed E-state index contributed by atoms with van der Waals surface area (Å²) in [6.07, 6.45) is 3.33. The second kappa shape index (κ2) is 6.97. The average Bonchev–Trinajstić information content (AvgIpc) is 2.50. The first-order chi connectivity index (χ1) is 10.7. The lowest BCUT2D eigenvalue weighted by atomic mass is 9.93. The van der Waals surface area contributed by atoms with Crippen LogP contribution in [0.4, 0.5) is 0 Å². The SMILES string of the molecule is O=C(NC1CCC1)c1cc(Br)ccc1OCc1ccccc1. The minimum Gasteiger partial charge on any atom is -0.488 e. The van der Waals surface area contributed by atoms with Gasteiger partial charge in [0, 0.05) is 10.5 Å². The van der Waals surface area contributed by atoms with Crippen LogP contribution in [0.5, 0.6) is 5.75 Å². The molecule has 0 bridgehead atoms. The van der Waals surface area contributed by atoms with E-state index in [-0.39, 0.29) is 5.91 Å². The number of nitrogens with one attached hydrogen (secondary N) is 1. The zero-order chi connectivity index (χ0) is 15.4. The summed E-state index contributed by atoms with van der Waals surface area (Å²) in [6, 6.07) is 15.8. The molecule has 0 unspecified atom stereocenters. The molecule has 1 amide bonds. The van der Waals surface area contributed by atoms with Gasteiger partial charge in [-0.3, -0.25) is 4.79 Å². The third-order valence-electron chi connectivity index (χ3n) is 3.86. The predicted octanol–water partition coefficient (Wildman–Crippen LogP) is 4.31. The van der Waals surface area contributed by atoms with Crippen LogP contribution in [-0.2, 0) is 6.61 Å². The Morgan fingerprint density at radius 1 is 1.18 bits per heavy atom. The molecule has 0 aliphatic heterocycles. The largest absolute Gasteiger partial charge is 0.488 e. The standard InChI is InChI=1S/C18H18BrNO2/c19-14-9-10-17(22-12-13-5-2-1-3-6-13)16(11-14)18(21)20-15-7-4-8-15/h1-3,5-6,9-11,15H,4,7-8,12H2,(H,20,21). The lowest BCUT2D eigenvalue weighted by molar-refractivity contribution is 0.0912. The van der Waals surface area contributed by atoms with Crippen LogP contribution in [0.25, 0.3) is 0 Å². The molecule has 0 radical (unpaired) electrons. The van der Waals surface area contributed by atoms with E-state index in [4.69, 9.17) is 4.74 Å².